The minimum Gasteiger partial charge on any atom is -0.358 e. The van der Waals surface area contributed by atoms with Gasteiger partial charge in [0, 0.05) is 13.5 Å². The SMILES string of the molecule is CNC(=O)[C@H](NCc1nc(Cc2ccccc2)no1)c1ccccc1. The van der Waals surface area contributed by atoms with E-state index >= 15 is 0 Å². The van der Waals surface area contributed by atoms with Crippen molar-refractivity contribution >= 4 is 5.91 Å². The van der Waals surface area contributed by atoms with Crippen molar-refractivity contribution in [2.75, 3.05) is 7.05 Å². The molecule has 25 heavy (non-hydrogen) atoms. The van der Waals surface area contributed by atoms with Crippen LogP contribution in [0.2, 0.25) is 0 Å². The van der Waals surface area contributed by atoms with E-state index in [-0.39, 0.29) is 5.91 Å². The molecule has 0 unspecified atom stereocenters. The molecule has 0 radical (unpaired) electrons. The molecule has 128 valence electrons. The summed E-state index contributed by atoms with van der Waals surface area (Å²) in [6.45, 7) is 0.314. The van der Waals surface area contributed by atoms with Gasteiger partial charge in [0.15, 0.2) is 5.82 Å². The first-order valence-electron chi connectivity index (χ1n) is 8.11. The lowest BCUT2D eigenvalue weighted by molar-refractivity contribution is -0.122. The van der Waals surface area contributed by atoms with Gasteiger partial charge in [-0.05, 0) is 11.1 Å². The molecule has 0 aliphatic heterocycles. The zero-order chi connectivity index (χ0) is 17.5. The molecule has 0 spiro atoms. The molecule has 3 rings (SSSR count). The monoisotopic (exact) mass is 336 g/mol. The third kappa shape index (κ3) is 4.51. The van der Waals surface area contributed by atoms with E-state index in [0.717, 1.165) is 11.1 Å². The third-order valence-electron chi connectivity index (χ3n) is 3.81. The van der Waals surface area contributed by atoms with Crippen LogP contribution in [0.15, 0.2) is 65.2 Å². The number of hydrogen-bond acceptors (Lipinski definition) is 5. The molecule has 3 aromatic rings. The molecule has 6 heteroatoms. The van der Waals surface area contributed by atoms with Crippen LogP contribution in [-0.4, -0.2) is 23.1 Å². The van der Waals surface area contributed by atoms with E-state index in [4.69, 9.17) is 4.52 Å². The van der Waals surface area contributed by atoms with E-state index < -0.39 is 6.04 Å². The summed E-state index contributed by atoms with van der Waals surface area (Å²) in [5, 5.41) is 9.84. The Bertz CT molecular complexity index is 803. The van der Waals surface area contributed by atoms with Crippen molar-refractivity contribution in [3.8, 4) is 0 Å². The van der Waals surface area contributed by atoms with Crippen LogP contribution in [0.5, 0.6) is 0 Å². The van der Waals surface area contributed by atoms with Gasteiger partial charge >= 0.3 is 0 Å². The highest BCUT2D eigenvalue weighted by atomic mass is 16.5. The van der Waals surface area contributed by atoms with Gasteiger partial charge in [-0.25, -0.2) is 0 Å². The second-order valence-corrected chi connectivity index (χ2v) is 5.61. The first-order chi connectivity index (χ1) is 12.3. The summed E-state index contributed by atoms with van der Waals surface area (Å²) in [6, 6.07) is 19.0. The topological polar surface area (TPSA) is 80.0 Å². The highest BCUT2D eigenvalue weighted by molar-refractivity contribution is 5.82. The van der Waals surface area contributed by atoms with E-state index in [0.29, 0.717) is 24.7 Å². The number of hydrogen-bond donors (Lipinski definition) is 2. The Labute approximate surface area is 146 Å². The lowest BCUT2D eigenvalue weighted by Crippen LogP contribution is -2.35. The molecule has 1 aromatic heterocycles. The Morgan fingerprint density at radius 3 is 2.44 bits per heavy atom. The molecule has 1 heterocycles. The number of nitrogens with one attached hydrogen (secondary N) is 2. The summed E-state index contributed by atoms with van der Waals surface area (Å²) in [6.07, 6.45) is 0.613. The fourth-order valence-corrected chi connectivity index (χ4v) is 2.55. The van der Waals surface area contributed by atoms with Crippen molar-refractivity contribution in [2.45, 2.75) is 19.0 Å². The van der Waals surface area contributed by atoms with Gasteiger partial charge in [-0.15, -0.1) is 0 Å². The maximum absolute atomic E-state index is 12.1. The minimum absolute atomic E-state index is 0.116. The molecular formula is C19H20N4O2. The molecule has 0 bridgehead atoms. The molecule has 2 aromatic carbocycles. The number of likely N-dealkylation sites (N-methyl/N-ethyl adjacent to an activating group) is 1. The van der Waals surface area contributed by atoms with Crippen LogP contribution in [0.3, 0.4) is 0 Å². The number of amides is 1. The van der Waals surface area contributed by atoms with Gasteiger partial charge in [0.25, 0.3) is 0 Å². The Morgan fingerprint density at radius 2 is 1.76 bits per heavy atom. The van der Waals surface area contributed by atoms with Gasteiger partial charge in [-0.3, -0.25) is 10.1 Å². The second kappa shape index (κ2) is 8.21. The van der Waals surface area contributed by atoms with Crippen LogP contribution < -0.4 is 10.6 Å². The van der Waals surface area contributed by atoms with Crippen molar-refractivity contribution in [3.05, 3.63) is 83.5 Å². The summed E-state index contributed by atoms with van der Waals surface area (Å²) in [5.74, 6) is 0.963. The average molecular weight is 336 g/mol. The second-order valence-electron chi connectivity index (χ2n) is 5.61. The largest absolute Gasteiger partial charge is 0.358 e. The summed E-state index contributed by atoms with van der Waals surface area (Å²) in [7, 11) is 1.62. The van der Waals surface area contributed by atoms with Gasteiger partial charge in [-0.2, -0.15) is 4.98 Å². The van der Waals surface area contributed by atoms with E-state index in [2.05, 4.69) is 20.8 Å². The summed E-state index contributed by atoms with van der Waals surface area (Å²) in [4.78, 5) is 16.5. The molecule has 0 aliphatic rings. The summed E-state index contributed by atoms with van der Waals surface area (Å²) < 4.78 is 5.28. The number of rotatable bonds is 7. The Morgan fingerprint density at radius 1 is 1.08 bits per heavy atom. The van der Waals surface area contributed by atoms with Crippen LogP contribution in [0.4, 0.5) is 0 Å². The van der Waals surface area contributed by atoms with Gasteiger partial charge in [0.2, 0.25) is 11.8 Å². The Kier molecular flexibility index (Phi) is 5.53. The van der Waals surface area contributed by atoms with E-state index in [1.54, 1.807) is 7.05 Å². The zero-order valence-corrected chi connectivity index (χ0v) is 14.0. The zero-order valence-electron chi connectivity index (χ0n) is 14.0. The average Bonchev–Trinajstić information content (AvgIpc) is 3.10. The van der Waals surface area contributed by atoms with Crippen LogP contribution in [0, 0.1) is 0 Å². The molecule has 1 atom stereocenters. The number of carbonyl (C=O) groups excluding carboxylic acids is 1. The van der Waals surface area contributed by atoms with Crippen LogP contribution >= 0.6 is 0 Å². The van der Waals surface area contributed by atoms with E-state index in [1.165, 1.54) is 0 Å². The molecule has 0 saturated heterocycles. The quantitative estimate of drug-likeness (QED) is 0.692. The smallest absolute Gasteiger partial charge is 0.241 e. The fraction of sp³-hybridized carbons (Fsp3) is 0.211. The lowest BCUT2D eigenvalue weighted by Gasteiger charge is -2.16. The maximum Gasteiger partial charge on any atom is 0.241 e. The van der Waals surface area contributed by atoms with Crippen LogP contribution in [-0.2, 0) is 17.8 Å². The molecule has 2 N–H and O–H groups in total. The third-order valence-corrected chi connectivity index (χ3v) is 3.81. The highest BCUT2D eigenvalue weighted by Gasteiger charge is 2.19. The molecule has 0 fully saturated rings. The van der Waals surface area contributed by atoms with E-state index in [9.17, 15) is 4.79 Å². The van der Waals surface area contributed by atoms with Crippen molar-refractivity contribution in [1.82, 2.24) is 20.8 Å². The first kappa shape index (κ1) is 16.9. The van der Waals surface area contributed by atoms with Crippen LogP contribution in [0.25, 0.3) is 0 Å². The van der Waals surface area contributed by atoms with Gasteiger partial charge < -0.3 is 9.84 Å². The number of aromatic nitrogens is 2. The standard InChI is InChI=1S/C19H20N4O2/c1-20-19(24)18(15-10-6-3-7-11-15)21-13-17-22-16(23-25-17)12-14-8-4-2-5-9-14/h2-11,18,21H,12-13H2,1H3,(H,20,24)/t18-/m1/s1. The van der Waals surface area contributed by atoms with Gasteiger partial charge in [-0.1, -0.05) is 65.8 Å². The molecule has 0 saturated carbocycles. The van der Waals surface area contributed by atoms with Gasteiger partial charge in [0.05, 0.1) is 6.54 Å². The lowest BCUT2D eigenvalue weighted by atomic mass is 10.1. The normalized spacial score (nSPS) is 11.9. The van der Waals surface area contributed by atoms with Gasteiger partial charge in [0.1, 0.15) is 6.04 Å². The Balaban J connectivity index is 1.64. The number of benzene rings is 2. The number of carbonyl (C=O) groups is 1. The van der Waals surface area contributed by atoms with Crippen molar-refractivity contribution in [1.29, 1.82) is 0 Å². The summed E-state index contributed by atoms with van der Waals surface area (Å²) in [5.41, 5.74) is 2.00. The maximum atomic E-state index is 12.1. The van der Waals surface area contributed by atoms with E-state index in [1.807, 2.05) is 60.7 Å². The molecule has 6 nitrogen and oxygen atoms in total. The Hall–Kier alpha value is -2.99. The highest BCUT2D eigenvalue weighted by Crippen LogP contribution is 2.14. The van der Waals surface area contributed by atoms with Crippen LogP contribution in [0.1, 0.15) is 28.9 Å². The van der Waals surface area contributed by atoms with Crippen molar-refractivity contribution < 1.29 is 9.32 Å². The predicted octanol–water partition coefficient (Wildman–Crippen LogP) is 2.24. The molecule has 1 amide bonds. The molecule has 0 aliphatic carbocycles. The van der Waals surface area contributed by atoms with Crippen molar-refractivity contribution in [3.63, 3.8) is 0 Å². The molecular weight excluding hydrogens is 316 g/mol. The first-order valence-corrected chi connectivity index (χ1v) is 8.11. The minimum atomic E-state index is -0.476. The van der Waals surface area contributed by atoms with Crippen molar-refractivity contribution in [2.24, 2.45) is 0 Å². The number of nitrogens with zero attached hydrogens (tertiary/aromatic N) is 2. The fourth-order valence-electron chi connectivity index (χ4n) is 2.55. The predicted molar refractivity (Wildman–Crippen MR) is 93.6 cm³/mol. The summed E-state index contributed by atoms with van der Waals surface area (Å²) >= 11 is 0.